The first-order valence-corrected chi connectivity index (χ1v) is 10.9. The molecule has 0 spiro atoms. The van der Waals surface area contributed by atoms with E-state index in [0.29, 0.717) is 11.3 Å². The van der Waals surface area contributed by atoms with Crippen molar-refractivity contribution in [2.24, 2.45) is 0 Å². The van der Waals surface area contributed by atoms with Crippen LogP contribution in [0.4, 0.5) is 5.69 Å². The monoisotopic (exact) mass is 386 g/mol. The van der Waals surface area contributed by atoms with Crippen LogP contribution in [0.2, 0.25) is 0 Å². The van der Waals surface area contributed by atoms with E-state index >= 15 is 0 Å². The zero-order valence-electron chi connectivity index (χ0n) is 15.8. The van der Waals surface area contributed by atoms with Crippen molar-refractivity contribution in [1.82, 2.24) is 4.90 Å². The molecule has 1 unspecified atom stereocenters. The molecule has 0 aliphatic carbocycles. The lowest BCUT2D eigenvalue weighted by atomic mass is 9.99. The van der Waals surface area contributed by atoms with E-state index in [1.165, 1.54) is 12.1 Å². The molecule has 1 saturated heterocycles. The molecule has 3 rings (SSSR count). The van der Waals surface area contributed by atoms with Crippen LogP contribution in [-0.4, -0.2) is 31.8 Å². The van der Waals surface area contributed by atoms with Gasteiger partial charge in [0.15, 0.2) is 0 Å². The quantitative estimate of drug-likeness (QED) is 0.837. The van der Waals surface area contributed by atoms with E-state index < -0.39 is 10.0 Å². The topological polar surface area (TPSA) is 66.5 Å². The number of sulfonamides is 1. The summed E-state index contributed by atoms with van der Waals surface area (Å²) in [4.78, 5) is 15.0. The van der Waals surface area contributed by atoms with Crippen molar-refractivity contribution in [1.29, 1.82) is 0 Å². The normalized spacial score (nSPS) is 17.6. The van der Waals surface area contributed by atoms with Crippen molar-refractivity contribution in [2.45, 2.75) is 50.5 Å². The lowest BCUT2D eigenvalue weighted by Gasteiger charge is -2.35. The highest BCUT2D eigenvalue weighted by Gasteiger charge is 2.27. The first kappa shape index (κ1) is 19.4. The van der Waals surface area contributed by atoms with Gasteiger partial charge in [-0.15, -0.1) is 0 Å². The fraction of sp³-hybridized carbons (Fsp3) is 0.381. The predicted molar refractivity (Wildman–Crippen MR) is 107 cm³/mol. The van der Waals surface area contributed by atoms with Gasteiger partial charge in [0.2, 0.25) is 0 Å². The zero-order valence-corrected chi connectivity index (χ0v) is 16.6. The highest BCUT2D eigenvalue weighted by molar-refractivity contribution is 7.92. The number of hydrogen-bond donors (Lipinski definition) is 1. The number of nitrogens with zero attached hydrogens (tertiary/aromatic N) is 1. The number of benzene rings is 2. The van der Waals surface area contributed by atoms with Crippen molar-refractivity contribution < 1.29 is 13.2 Å². The number of nitrogens with one attached hydrogen (secondary N) is 1. The zero-order chi connectivity index (χ0) is 19.4. The maximum Gasteiger partial charge on any atom is 0.261 e. The number of para-hydroxylation sites is 1. The third-order valence-electron chi connectivity index (χ3n) is 5.14. The van der Waals surface area contributed by atoms with Crippen LogP contribution in [0.15, 0.2) is 53.4 Å². The molecule has 6 heteroatoms. The SMILES string of the molecule is CCC1CCCCN1C(=O)c1cccc(S(=O)(=O)Nc2ccccc2C)c1. The van der Waals surface area contributed by atoms with Crippen LogP contribution < -0.4 is 4.72 Å². The summed E-state index contributed by atoms with van der Waals surface area (Å²) in [6.07, 6.45) is 4.06. The van der Waals surface area contributed by atoms with Crippen molar-refractivity contribution >= 4 is 21.6 Å². The molecule has 2 aromatic rings. The number of anilines is 1. The maximum atomic E-state index is 13.0. The number of hydrogen-bond acceptors (Lipinski definition) is 3. The van der Waals surface area contributed by atoms with Crippen LogP contribution in [0.25, 0.3) is 0 Å². The minimum atomic E-state index is -3.76. The summed E-state index contributed by atoms with van der Waals surface area (Å²) >= 11 is 0. The van der Waals surface area contributed by atoms with E-state index in [9.17, 15) is 13.2 Å². The van der Waals surface area contributed by atoms with Crippen molar-refractivity contribution in [3.05, 3.63) is 59.7 Å². The Morgan fingerprint density at radius 2 is 1.93 bits per heavy atom. The van der Waals surface area contributed by atoms with Crippen LogP contribution in [0.5, 0.6) is 0 Å². The lowest BCUT2D eigenvalue weighted by Crippen LogP contribution is -2.43. The fourth-order valence-electron chi connectivity index (χ4n) is 3.55. The Kier molecular flexibility index (Phi) is 5.85. The standard InChI is InChI=1S/C21H26N2O3S/c1-3-18-11-6-7-14-23(18)21(24)17-10-8-12-19(15-17)27(25,26)22-20-13-5-4-9-16(20)2/h4-5,8-10,12-13,15,18,22H,3,6-7,11,14H2,1-2H3. The average molecular weight is 387 g/mol. The van der Waals surface area contributed by atoms with Gasteiger partial charge in [-0.2, -0.15) is 0 Å². The van der Waals surface area contributed by atoms with E-state index in [1.54, 1.807) is 24.3 Å². The van der Waals surface area contributed by atoms with Gasteiger partial charge < -0.3 is 4.90 Å². The van der Waals surface area contributed by atoms with E-state index in [2.05, 4.69) is 11.6 Å². The molecule has 1 aliphatic rings. The molecule has 1 atom stereocenters. The Labute approximate surface area is 161 Å². The molecule has 1 amide bonds. The van der Waals surface area contributed by atoms with Gasteiger partial charge >= 0.3 is 0 Å². The van der Waals surface area contributed by atoms with Gasteiger partial charge in [-0.25, -0.2) is 8.42 Å². The summed E-state index contributed by atoms with van der Waals surface area (Å²) < 4.78 is 28.2. The molecule has 5 nitrogen and oxygen atoms in total. The molecule has 2 aromatic carbocycles. The molecular formula is C21H26N2O3S. The van der Waals surface area contributed by atoms with Gasteiger partial charge in [0.25, 0.3) is 15.9 Å². The second-order valence-corrected chi connectivity index (χ2v) is 8.69. The number of amides is 1. The van der Waals surface area contributed by atoms with E-state index in [0.717, 1.165) is 37.8 Å². The second kappa shape index (κ2) is 8.13. The molecule has 0 bridgehead atoms. The Balaban J connectivity index is 1.86. The Morgan fingerprint density at radius 1 is 1.15 bits per heavy atom. The predicted octanol–water partition coefficient (Wildman–Crippen LogP) is 4.20. The van der Waals surface area contributed by atoms with Crippen LogP contribution in [0, 0.1) is 6.92 Å². The van der Waals surface area contributed by atoms with Crippen molar-refractivity contribution in [3.63, 3.8) is 0 Å². The summed E-state index contributed by atoms with van der Waals surface area (Å²) in [6, 6.07) is 13.8. The second-order valence-electron chi connectivity index (χ2n) is 7.00. The molecule has 0 radical (unpaired) electrons. The molecular weight excluding hydrogens is 360 g/mol. The molecule has 1 aliphatic heterocycles. The molecule has 1 N–H and O–H groups in total. The van der Waals surface area contributed by atoms with E-state index in [4.69, 9.17) is 0 Å². The fourth-order valence-corrected chi connectivity index (χ4v) is 4.72. The third kappa shape index (κ3) is 4.33. The number of likely N-dealkylation sites (tertiary alicyclic amines) is 1. The number of carbonyl (C=O) groups excluding carboxylic acids is 1. The molecule has 1 fully saturated rings. The summed E-state index contributed by atoms with van der Waals surface area (Å²) in [7, 11) is -3.76. The summed E-state index contributed by atoms with van der Waals surface area (Å²) in [5, 5.41) is 0. The van der Waals surface area contributed by atoms with Crippen LogP contribution in [0.1, 0.15) is 48.5 Å². The first-order valence-electron chi connectivity index (χ1n) is 9.42. The van der Waals surface area contributed by atoms with Crippen LogP contribution in [-0.2, 0) is 10.0 Å². The number of rotatable bonds is 5. The lowest BCUT2D eigenvalue weighted by molar-refractivity contribution is 0.0608. The van der Waals surface area contributed by atoms with Gasteiger partial charge in [-0.3, -0.25) is 9.52 Å². The Hall–Kier alpha value is -2.34. The number of aryl methyl sites for hydroxylation is 1. The van der Waals surface area contributed by atoms with Crippen molar-refractivity contribution in [3.8, 4) is 0 Å². The van der Waals surface area contributed by atoms with Crippen LogP contribution >= 0.6 is 0 Å². The smallest absolute Gasteiger partial charge is 0.261 e. The van der Waals surface area contributed by atoms with Gasteiger partial charge in [0.1, 0.15) is 0 Å². The molecule has 144 valence electrons. The minimum Gasteiger partial charge on any atom is -0.336 e. The van der Waals surface area contributed by atoms with E-state index in [1.807, 2.05) is 24.0 Å². The number of carbonyl (C=O) groups is 1. The summed E-state index contributed by atoms with van der Waals surface area (Å²) in [6.45, 7) is 4.66. The summed E-state index contributed by atoms with van der Waals surface area (Å²) in [5.41, 5.74) is 1.80. The maximum absolute atomic E-state index is 13.0. The molecule has 0 aromatic heterocycles. The Morgan fingerprint density at radius 3 is 2.67 bits per heavy atom. The van der Waals surface area contributed by atoms with Gasteiger partial charge in [-0.1, -0.05) is 31.2 Å². The van der Waals surface area contributed by atoms with Crippen LogP contribution in [0.3, 0.4) is 0 Å². The molecule has 0 saturated carbocycles. The number of piperidine rings is 1. The van der Waals surface area contributed by atoms with Crippen molar-refractivity contribution in [2.75, 3.05) is 11.3 Å². The summed E-state index contributed by atoms with van der Waals surface area (Å²) in [5.74, 6) is -0.0884. The van der Waals surface area contributed by atoms with Gasteiger partial charge in [0.05, 0.1) is 10.6 Å². The highest BCUT2D eigenvalue weighted by atomic mass is 32.2. The minimum absolute atomic E-state index is 0.0884. The highest BCUT2D eigenvalue weighted by Crippen LogP contribution is 2.24. The van der Waals surface area contributed by atoms with E-state index in [-0.39, 0.29) is 16.8 Å². The molecule has 27 heavy (non-hydrogen) atoms. The van der Waals surface area contributed by atoms with Gasteiger partial charge in [0, 0.05) is 18.2 Å². The molecule has 1 heterocycles. The van der Waals surface area contributed by atoms with Gasteiger partial charge in [-0.05, 0) is 62.4 Å². The largest absolute Gasteiger partial charge is 0.336 e. The Bertz CT molecular complexity index is 925. The first-order chi connectivity index (χ1) is 12.9. The third-order valence-corrected chi connectivity index (χ3v) is 6.50. The average Bonchev–Trinajstić information content (AvgIpc) is 2.69.